The number of rotatable bonds is 7. The molecule has 0 aliphatic carbocycles. The first-order valence-corrected chi connectivity index (χ1v) is 10.9. The Hall–Kier alpha value is -3.98. The van der Waals surface area contributed by atoms with Crippen LogP contribution in [0.4, 0.5) is 10.1 Å². The van der Waals surface area contributed by atoms with Crippen molar-refractivity contribution in [1.29, 1.82) is 0 Å². The number of methoxy groups -OCH3 is 1. The van der Waals surface area contributed by atoms with E-state index in [-0.39, 0.29) is 17.0 Å². The number of para-hydroxylation sites is 1. The zero-order valence-electron chi connectivity index (χ0n) is 17.6. The van der Waals surface area contributed by atoms with E-state index in [0.717, 1.165) is 17.3 Å². The zero-order valence-corrected chi connectivity index (χ0v) is 18.4. The maximum absolute atomic E-state index is 14.1. The van der Waals surface area contributed by atoms with E-state index in [9.17, 15) is 14.0 Å². The molecule has 0 aliphatic rings. The van der Waals surface area contributed by atoms with Crippen LogP contribution in [0.25, 0.3) is 17.1 Å². The van der Waals surface area contributed by atoms with Crippen molar-refractivity contribution in [2.45, 2.75) is 5.16 Å². The van der Waals surface area contributed by atoms with Gasteiger partial charge in [-0.15, -0.1) is 10.2 Å². The number of anilines is 1. The summed E-state index contributed by atoms with van der Waals surface area (Å²) in [6, 6.07) is 22.8. The van der Waals surface area contributed by atoms with Crippen molar-refractivity contribution < 1.29 is 18.7 Å². The second-order valence-corrected chi connectivity index (χ2v) is 7.81. The minimum Gasteiger partial charge on any atom is -0.465 e. The molecule has 0 bridgehead atoms. The van der Waals surface area contributed by atoms with Crippen LogP contribution in [0.5, 0.6) is 0 Å². The fraction of sp³-hybridized carbons (Fsp3) is 0.0833. The number of amides is 1. The van der Waals surface area contributed by atoms with Crippen molar-refractivity contribution in [1.82, 2.24) is 14.8 Å². The van der Waals surface area contributed by atoms with Gasteiger partial charge < -0.3 is 10.1 Å². The Balaban J connectivity index is 1.55. The summed E-state index contributed by atoms with van der Waals surface area (Å²) in [6.07, 6.45) is 0. The van der Waals surface area contributed by atoms with Gasteiger partial charge in [0.25, 0.3) is 0 Å². The highest BCUT2D eigenvalue weighted by atomic mass is 32.2. The summed E-state index contributed by atoms with van der Waals surface area (Å²) in [6.45, 7) is 0. The van der Waals surface area contributed by atoms with E-state index in [1.165, 1.54) is 31.0 Å². The van der Waals surface area contributed by atoms with Crippen LogP contribution in [-0.4, -0.2) is 39.5 Å². The van der Waals surface area contributed by atoms with Gasteiger partial charge in [0.05, 0.1) is 24.1 Å². The van der Waals surface area contributed by atoms with Gasteiger partial charge in [0.1, 0.15) is 5.82 Å². The molecule has 7 nitrogen and oxygen atoms in total. The van der Waals surface area contributed by atoms with E-state index >= 15 is 0 Å². The van der Waals surface area contributed by atoms with E-state index in [4.69, 9.17) is 0 Å². The molecule has 1 N–H and O–H groups in total. The predicted molar refractivity (Wildman–Crippen MR) is 124 cm³/mol. The number of halogens is 1. The first-order chi connectivity index (χ1) is 16.1. The predicted octanol–water partition coefficient (Wildman–Crippen LogP) is 4.59. The molecule has 1 heterocycles. The van der Waals surface area contributed by atoms with Crippen LogP contribution in [-0.2, 0) is 9.53 Å². The monoisotopic (exact) mass is 462 g/mol. The number of thioether (sulfide) groups is 1. The number of esters is 1. The van der Waals surface area contributed by atoms with E-state index in [2.05, 4.69) is 20.3 Å². The molecule has 0 aliphatic heterocycles. The quantitative estimate of drug-likeness (QED) is 0.319. The summed E-state index contributed by atoms with van der Waals surface area (Å²) in [5.41, 5.74) is 1.77. The molecule has 0 saturated heterocycles. The normalized spacial score (nSPS) is 10.6. The number of carbonyl (C=O) groups is 2. The number of hydrogen-bond acceptors (Lipinski definition) is 6. The Labute approximate surface area is 193 Å². The molecule has 1 aromatic heterocycles. The van der Waals surface area contributed by atoms with E-state index in [1.54, 1.807) is 0 Å². The van der Waals surface area contributed by atoms with Crippen molar-refractivity contribution in [3.63, 3.8) is 0 Å². The number of nitrogens with zero attached hydrogens (tertiary/aromatic N) is 3. The first-order valence-electron chi connectivity index (χ1n) is 9.93. The SMILES string of the molecule is COC(=O)c1ccc(F)c(NC(=O)CSc2nnc(-c3ccccc3)n2-c2ccccc2)c1. The van der Waals surface area contributed by atoms with Gasteiger partial charge in [-0.2, -0.15) is 0 Å². The lowest BCUT2D eigenvalue weighted by atomic mass is 10.2. The van der Waals surface area contributed by atoms with Gasteiger partial charge in [-0.05, 0) is 30.3 Å². The second-order valence-electron chi connectivity index (χ2n) is 6.87. The Kier molecular flexibility index (Phi) is 6.80. The van der Waals surface area contributed by atoms with Gasteiger partial charge in [-0.3, -0.25) is 9.36 Å². The third kappa shape index (κ3) is 5.09. The number of ether oxygens (including phenoxy) is 1. The number of carbonyl (C=O) groups excluding carboxylic acids is 2. The van der Waals surface area contributed by atoms with Gasteiger partial charge in [-0.1, -0.05) is 60.3 Å². The Morgan fingerprint density at radius 2 is 1.70 bits per heavy atom. The van der Waals surface area contributed by atoms with Crippen molar-refractivity contribution in [3.05, 3.63) is 90.2 Å². The molecule has 9 heteroatoms. The van der Waals surface area contributed by atoms with Crippen molar-refractivity contribution in [2.75, 3.05) is 18.2 Å². The third-order valence-electron chi connectivity index (χ3n) is 4.67. The minimum atomic E-state index is -0.653. The maximum atomic E-state index is 14.1. The molecular formula is C24H19FN4O3S. The molecule has 0 saturated carbocycles. The lowest BCUT2D eigenvalue weighted by Gasteiger charge is -2.11. The summed E-state index contributed by atoms with van der Waals surface area (Å²) in [5, 5.41) is 11.6. The summed E-state index contributed by atoms with van der Waals surface area (Å²) in [5.74, 6) is -1.13. The number of aromatic nitrogens is 3. The molecular weight excluding hydrogens is 443 g/mol. The van der Waals surface area contributed by atoms with Crippen molar-refractivity contribution >= 4 is 29.3 Å². The first kappa shape index (κ1) is 22.2. The minimum absolute atomic E-state index is 0.0400. The highest BCUT2D eigenvalue weighted by Crippen LogP contribution is 2.28. The highest BCUT2D eigenvalue weighted by molar-refractivity contribution is 7.99. The summed E-state index contributed by atoms with van der Waals surface area (Å²) in [4.78, 5) is 24.2. The van der Waals surface area contributed by atoms with Crippen molar-refractivity contribution in [2.24, 2.45) is 0 Å². The van der Waals surface area contributed by atoms with Crippen LogP contribution in [0.1, 0.15) is 10.4 Å². The van der Waals surface area contributed by atoms with Crippen LogP contribution in [0.2, 0.25) is 0 Å². The Bertz CT molecular complexity index is 1280. The lowest BCUT2D eigenvalue weighted by Crippen LogP contribution is -2.16. The smallest absolute Gasteiger partial charge is 0.337 e. The molecule has 4 aromatic rings. The largest absolute Gasteiger partial charge is 0.465 e. The van der Waals surface area contributed by atoms with Crippen LogP contribution in [0.3, 0.4) is 0 Å². The molecule has 0 radical (unpaired) electrons. The molecule has 0 atom stereocenters. The summed E-state index contributed by atoms with van der Waals surface area (Å²) in [7, 11) is 1.23. The molecule has 3 aromatic carbocycles. The van der Waals surface area contributed by atoms with Gasteiger partial charge in [0.2, 0.25) is 5.91 Å². The fourth-order valence-corrected chi connectivity index (χ4v) is 3.88. The zero-order chi connectivity index (χ0) is 23.2. The van der Waals surface area contributed by atoms with Gasteiger partial charge in [0.15, 0.2) is 11.0 Å². The van der Waals surface area contributed by atoms with E-state index < -0.39 is 17.7 Å². The maximum Gasteiger partial charge on any atom is 0.337 e. The molecule has 4 rings (SSSR count). The molecule has 166 valence electrons. The third-order valence-corrected chi connectivity index (χ3v) is 5.60. The molecule has 1 amide bonds. The van der Waals surface area contributed by atoms with E-state index in [1.807, 2.05) is 65.2 Å². The average Bonchev–Trinajstić information content (AvgIpc) is 3.28. The van der Waals surface area contributed by atoms with Crippen LogP contribution in [0.15, 0.2) is 84.0 Å². The van der Waals surface area contributed by atoms with Gasteiger partial charge in [-0.25, -0.2) is 9.18 Å². The number of hydrogen-bond donors (Lipinski definition) is 1. The topological polar surface area (TPSA) is 86.1 Å². The van der Waals surface area contributed by atoms with E-state index in [0.29, 0.717) is 11.0 Å². The van der Waals surface area contributed by atoms with Crippen molar-refractivity contribution in [3.8, 4) is 17.1 Å². The number of nitrogens with one attached hydrogen (secondary N) is 1. The summed E-state index contributed by atoms with van der Waals surface area (Å²) >= 11 is 1.17. The molecule has 33 heavy (non-hydrogen) atoms. The Morgan fingerprint density at radius 1 is 1.00 bits per heavy atom. The molecule has 0 fully saturated rings. The second kappa shape index (κ2) is 10.1. The number of benzene rings is 3. The molecule has 0 unspecified atom stereocenters. The van der Waals surface area contributed by atoms with Gasteiger partial charge >= 0.3 is 5.97 Å². The standard InChI is InChI=1S/C24H19FN4O3S/c1-32-23(31)17-12-13-19(25)20(14-17)26-21(30)15-33-24-28-27-22(16-8-4-2-5-9-16)29(24)18-10-6-3-7-11-18/h2-14H,15H2,1H3,(H,26,30). The molecule has 0 spiro atoms. The highest BCUT2D eigenvalue weighted by Gasteiger charge is 2.18. The average molecular weight is 463 g/mol. The summed E-state index contributed by atoms with van der Waals surface area (Å²) < 4.78 is 20.6. The Morgan fingerprint density at radius 3 is 2.39 bits per heavy atom. The van der Waals surface area contributed by atoms with Crippen LogP contribution < -0.4 is 5.32 Å². The fourth-order valence-electron chi connectivity index (χ4n) is 3.13. The van der Waals surface area contributed by atoms with Crippen LogP contribution >= 0.6 is 11.8 Å². The van der Waals surface area contributed by atoms with Gasteiger partial charge in [0, 0.05) is 11.3 Å². The van der Waals surface area contributed by atoms with Crippen LogP contribution in [0, 0.1) is 5.82 Å². The lowest BCUT2D eigenvalue weighted by molar-refractivity contribution is -0.113.